The minimum Gasteiger partial charge on any atom is -0.392 e. The van der Waals surface area contributed by atoms with Crippen LogP contribution in [0.5, 0.6) is 0 Å². The summed E-state index contributed by atoms with van der Waals surface area (Å²) in [5.74, 6) is 0. The summed E-state index contributed by atoms with van der Waals surface area (Å²) in [4.78, 5) is 0.285. The minimum absolute atomic E-state index is 0.0702. The van der Waals surface area contributed by atoms with Gasteiger partial charge in [-0.05, 0) is 28.8 Å². The van der Waals surface area contributed by atoms with E-state index in [0.29, 0.717) is 0 Å². The zero-order chi connectivity index (χ0) is 13.2. The first kappa shape index (κ1) is 12.8. The summed E-state index contributed by atoms with van der Waals surface area (Å²) in [5.41, 5.74) is 2.43. The second kappa shape index (κ2) is 4.92. The molecule has 4 heteroatoms. The number of sulfone groups is 1. The van der Waals surface area contributed by atoms with Crippen LogP contribution in [0.2, 0.25) is 0 Å². The molecule has 18 heavy (non-hydrogen) atoms. The maximum atomic E-state index is 11.5. The summed E-state index contributed by atoms with van der Waals surface area (Å²) in [6, 6.07) is 14.1. The number of rotatable bonds is 3. The highest BCUT2D eigenvalue weighted by Crippen LogP contribution is 2.25. The van der Waals surface area contributed by atoms with E-state index in [1.807, 2.05) is 30.3 Å². The van der Waals surface area contributed by atoms with Crippen molar-refractivity contribution in [3.8, 4) is 11.1 Å². The van der Waals surface area contributed by atoms with Gasteiger partial charge >= 0.3 is 0 Å². The van der Waals surface area contributed by atoms with Gasteiger partial charge in [-0.15, -0.1) is 0 Å². The highest BCUT2D eigenvalue weighted by Gasteiger charge is 2.09. The Hall–Kier alpha value is -1.65. The van der Waals surface area contributed by atoms with Crippen LogP contribution in [0.25, 0.3) is 11.1 Å². The van der Waals surface area contributed by atoms with E-state index in [4.69, 9.17) is 0 Å². The van der Waals surface area contributed by atoms with Gasteiger partial charge in [0.05, 0.1) is 11.5 Å². The van der Waals surface area contributed by atoms with Gasteiger partial charge in [0.15, 0.2) is 9.84 Å². The van der Waals surface area contributed by atoms with E-state index in [-0.39, 0.29) is 11.5 Å². The molecule has 0 atom stereocenters. The summed E-state index contributed by atoms with van der Waals surface area (Å²) < 4.78 is 23.0. The Labute approximate surface area is 107 Å². The molecule has 0 spiro atoms. The van der Waals surface area contributed by atoms with Crippen molar-refractivity contribution in [2.75, 3.05) is 6.26 Å². The van der Waals surface area contributed by atoms with Gasteiger partial charge < -0.3 is 5.11 Å². The third kappa shape index (κ3) is 2.60. The Bertz CT molecular complexity index is 660. The molecule has 3 nitrogen and oxygen atoms in total. The van der Waals surface area contributed by atoms with Crippen LogP contribution in [0.1, 0.15) is 5.56 Å². The molecule has 0 radical (unpaired) electrons. The van der Waals surface area contributed by atoms with Crippen LogP contribution in [0.3, 0.4) is 0 Å². The largest absolute Gasteiger partial charge is 0.392 e. The monoisotopic (exact) mass is 262 g/mol. The molecular formula is C14H14O3S. The van der Waals surface area contributed by atoms with Crippen molar-refractivity contribution in [2.45, 2.75) is 11.5 Å². The molecule has 0 bridgehead atoms. The molecule has 0 heterocycles. The zero-order valence-electron chi connectivity index (χ0n) is 10.00. The van der Waals surface area contributed by atoms with Gasteiger partial charge in [-0.3, -0.25) is 0 Å². The number of hydrogen-bond acceptors (Lipinski definition) is 3. The van der Waals surface area contributed by atoms with E-state index < -0.39 is 9.84 Å². The van der Waals surface area contributed by atoms with Gasteiger partial charge in [0, 0.05) is 6.26 Å². The predicted molar refractivity (Wildman–Crippen MR) is 70.9 cm³/mol. The van der Waals surface area contributed by atoms with Gasteiger partial charge in [-0.2, -0.15) is 0 Å². The van der Waals surface area contributed by atoms with Crippen molar-refractivity contribution in [3.05, 3.63) is 54.1 Å². The van der Waals surface area contributed by atoms with Crippen LogP contribution >= 0.6 is 0 Å². The first-order chi connectivity index (χ1) is 8.52. The van der Waals surface area contributed by atoms with E-state index in [1.54, 1.807) is 18.2 Å². The molecular weight excluding hydrogens is 248 g/mol. The molecule has 94 valence electrons. The summed E-state index contributed by atoms with van der Waals surface area (Å²) in [7, 11) is -3.22. The van der Waals surface area contributed by atoms with Gasteiger partial charge in [-0.25, -0.2) is 8.42 Å². The average Bonchev–Trinajstić information content (AvgIpc) is 2.38. The average molecular weight is 262 g/mol. The van der Waals surface area contributed by atoms with Crippen LogP contribution in [0.4, 0.5) is 0 Å². The Kier molecular flexibility index (Phi) is 3.50. The fourth-order valence-corrected chi connectivity index (χ4v) is 2.50. The molecule has 0 aliphatic rings. The molecule has 2 aromatic carbocycles. The van der Waals surface area contributed by atoms with E-state index in [9.17, 15) is 13.5 Å². The lowest BCUT2D eigenvalue weighted by atomic mass is 10.0. The molecule has 0 aliphatic heterocycles. The standard InChI is InChI=1S/C14H14O3S/c1-18(16,17)13-7-4-6-11(9-13)14-8-3-2-5-12(14)10-15/h2-9,15H,10H2,1H3. The van der Waals surface area contributed by atoms with Crippen LogP contribution in [-0.4, -0.2) is 19.8 Å². The van der Waals surface area contributed by atoms with Crippen molar-refractivity contribution in [1.29, 1.82) is 0 Å². The molecule has 0 amide bonds. The van der Waals surface area contributed by atoms with E-state index in [2.05, 4.69) is 0 Å². The third-order valence-electron chi connectivity index (χ3n) is 2.76. The van der Waals surface area contributed by atoms with Crippen LogP contribution in [0.15, 0.2) is 53.4 Å². The Morgan fingerprint density at radius 3 is 2.44 bits per heavy atom. The van der Waals surface area contributed by atoms with Crippen molar-refractivity contribution >= 4 is 9.84 Å². The fourth-order valence-electron chi connectivity index (χ4n) is 1.83. The molecule has 0 saturated carbocycles. The summed E-state index contributed by atoms with van der Waals surface area (Å²) in [5, 5.41) is 9.29. The zero-order valence-corrected chi connectivity index (χ0v) is 10.8. The Balaban J connectivity index is 2.58. The molecule has 2 rings (SSSR count). The minimum atomic E-state index is -3.22. The van der Waals surface area contributed by atoms with Crippen molar-refractivity contribution in [3.63, 3.8) is 0 Å². The number of aliphatic hydroxyl groups excluding tert-OH is 1. The van der Waals surface area contributed by atoms with Crippen LogP contribution in [0, 0.1) is 0 Å². The topological polar surface area (TPSA) is 54.4 Å². The van der Waals surface area contributed by atoms with E-state index >= 15 is 0 Å². The van der Waals surface area contributed by atoms with E-state index in [1.165, 1.54) is 6.26 Å². The lowest BCUT2D eigenvalue weighted by Gasteiger charge is -2.08. The third-order valence-corrected chi connectivity index (χ3v) is 3.87. The van der Waals surface area contributed by atoms with Crippen molar-refractivity contribution in [1.82, 2.24) is 0 Å². The molecule has 0 aromatic heterocycles. The molecule has 2 aromatic rings. The molecule has 0 saturated heterocycles. The number of aliphatic hydroxyl groups is 1. The highest BCUT2D eigenvalue weighted by atomic mass is 32.2. The second-order valence-electron chi connectivity index (χ2n) is 4.12. The van der Waals surface area contributed by atoms with Crippen LogP contribution < -0.4 is 0 Å². The normalized spacial score (nSPS) is 11.4. The lowest BCUT2D eigenvalue weighted by Crippen LogP contribution is -1.97. The molecule has 0 fully saturated rings. The van der Waals surface area contributed by atoms with Gasteiger partial charge in [0.2, 0.25) is 0 Å². The van der Waals surface area contributed by atoms with E-state index in [0.717, 1.165) is 16.7 Å². The number of benzene rings is 2. The Morgan fingerprint density at radius 1 is 1.06 bits per heavy atom. The predicted octanol–water partition coefficient (Wildman–Crippen LogP) is 2.25. The van der Waals surface area contributed by atoms with Crippen molar-refractivity contribution in [2.24, 2.45) is 0 Å². The molecule has 0 unspecified atom stereocenters. The first-order valence-corrected chi connectivity index (χ1v) is 7.41. The smallest absolute Gasteiger partial charge is 0.175 e. The quantitative estimate of drug-likeness (QED) is 0.923. The van der Waals surface area contributed by atoms with Gasteiger partial charge in [0.1, 0.15) is 0 Å². The Morgan fingerprint density at radius 2 is 1.78 bits per heavy atom. The van der Waals surface area contributed by atoms with Crippen LogP contribution in [-0.2, 0) is 16.4 Å². The first-order valence-electron chi connectivity index (χ1n) is 5.51. The fraction of sp³-hybridized carbons (Fsp3) is 0.143. The lowest BCUT2D eigenvalue weighted by molar-refractivity contribution is 0.282. The number of hydrogen-bond donors (Lipinski definition) is 1. The summed E-state index contributed by atoms with van der Waals surface area (Å²) >= 11 is 0. The summed E-state index contributed by atoms with van der Waals surface area (Å²) in [6.07, 6.45) is 1.18. The second-order valence-corrected chi connectivity index (χ2v) is 6.13. The van der Waals surface area contributed by atoms with Crippen molar-refractivity contribution < 1.29 is 13.5 Å². The van der Waals surface area contributed by atoms with Gasteiger partial charge in [0.25, 0.3) is 0 Å². The highest BCUT2D eigenvalue weighted by molar-refractivity contribution is 7.90. The maximum absolute atomic E-state index is 11.5. The molecule has 1 N–H and O–H groups in total. The SMILES string of the molecule is CS(=O)(=O)c1cccc(-c2ccccc2CO)c1. The summed E-state index contributed by atoms with van der Waals surface area (Å²) in [6.45, 7) is -0.0702. The van der Waals surface area contributed by atoms with Gasteiger partial charge in [-0.1, -0.05) is 36.4 Å². The maximum Gasteiger partial charge on any atom is 0.175 e. The molecule has 0 aliphatic carbocycles.